The molecule has 0 saturated carbocycles. The lowest BCUT2D eigenvalue weighted by Crippen LogP contribution is -2.37. The Morgan fingerprint density at radius 3 is 2.62 bits per heavy atom. The number of carbonyl (C=O) groups is 3. The number of rotatable bonds is 8. The highest BCUT2D eigenvalue weighted by molar-refractivity contribution is 6.30. The Morgan fingerprint density at radius 2 is 1.90 bits per heavy atom. The molecule has 0 aromatic heterocycles. The second-order valence-electron chi connectivity index (χ2n) is 6.30. The van der Waals surface area contributed by atoms with Crippen LogP contribution in [0.4, 0.5) is 5.69 Å². The molecule has 29 heavy (non-hydrogen) atoms. The number of benzene rings is 2. The van der Waals surface area contributed by atoms with E-state index >= 15 is 0 Å². The van der Waals surface area contributed by atoms with Crippen LogP contribution in [0.3, 0.4) is 0 Å². The monoisotopic (exact) mass is 414 g/mol. The lowest BCUT2D eigenvalue weighted by molar-refractivity contribution is -0.148. The van der Waals surface area contributed by atoms with Gasteiger partial charge in [0.05, 0.1) is 6.54 Å². The third-order valence-electron chi connectivity index (χ3n) is 4.08. The summed E-state index contributed by atoms with van der Waals surface area (Å²) in [7, 11) is 1.48. The summed E-state index contributed by atoms with van der Waals surface area (Å²) >= 11 is 5.87. The number of aryl methyl sites for hydroxylation is 1. The van der Waals surface area contributed by atoms with Gasteiger partial charge in [0.2, 0.25) is 5.91 Å². The minimum absolute atomic E-state index is 0.146. The van der Waals surface area contributed by atoms with E-state index in [1.54, 1.807) is 30.3 Å². The highest BCUT2D eigenvalue weighted by atomic mass is 35.5. The van der Waals surface area contributed by atoms with Crippen LogP contribution < -0.4 is 5.32 Å². The Morgan fingerprint density at radius 1 is 1.14 bits per heavy atom. The number of likely N-dealkylation sites (N-methyl/N-ethyl adjacent to an activating group) is 1. The summed E-state index contributed by atoms with van der Waals surface area (Å²) < 4.78 is 4.93. The van der Waals surface area contributed by atoms with Crippen molar-refractivity contribution in [1.82, 2.24) is 4.90 Å². The Kier molecular flexibility index (Phi) is 8.43. The van der Waals surface area contributed by atoms with E-state index in [-0.39, 0.29) is 12.5 Å². The van der Waals surface area contributed by atoms with Gasteiger partial charge in [-0.3, -0.25) is 9.59 Å². The minimum atomic E-state index is -0.659. The zero-order valence-electron chi connectivity index (χ0n) is 16.4. The first kappa shape index (κ1) is 22.2. The van der Waals surface area contributed by atoms with Gasteiger partial charge in [0, 0.05) is 23.8 Å². The summed E-state index contributed by atoms with van der Waals surface area (Å²) in [5.74, 6) is -1.46. The quantitative estimate of drug-likeness (QED) is 0.529. The first-order chi connectivity index (χ1) is 13.9. The number of hydrogen-bond donors (Lipinski definition) is 1. The van der Waals surface area contributed by atoms with Crippen LogP contribution in [0.1, 0.15) is 18.1 Å². The van der Waals surface area contributed by atoms with Gasteiger partial charge < -0.3 is 15.0 Å². The summed E-state index contributed by atoms with van der Waals surface area (Å²) in [6.07, 6.45) is 3.54. The standard InChI is InChI=1S/C22H23ClN2O4/c1-3-17-8-4-5-10-19(17)24-20(26)14-25(2)21(27)15-29-22(28)12-11-16-7-6-9-18(23)13-16/h4-13H,3,14-15H2,1-2H3,(H,24,26)/b12-11+. The van der Waals surface area contributed by atoms with E-state index in [9.17, 15) is 14.4 Å². The molecule has 7 heteroatoms. The average Bonchev–Trinajstić information content (AvgIpc) is 2.70. The van der Waals surface area contributed by atoms with Crippen molar-refractivity contribution in [1.29, 1.82) is 0 Å². The van der Waals surface area contributed by atoms with Gasteiger partial charge in [0.1, 0.15) is 0 Å². The van der Waals surface area contributed by atoms with Gasteiger partial charge in [-0.05, 0) is 41.8 Å². The normalized spacial score (nSPS) is 10.6. The van der Waals surface area contributed by atoms with E-state index in [1.165, 1.54) is 18.0 Å². The van der Waals surface area contributed by atoms with Crippen LogP contribution in [-0.4, -0.2) is 42.9 Å². The van der Waals surface area contributed by atoms with E-state index < -0.39 is 18.5 Å². The molecule has 0 radical (unpaired) electrons. The molecule has 2 aromatic carbocycles. The first-order valence-corrected chi connectivity index (χ1v) is 9.49. The fraction of sp³-hybridized carbons (Fsp3) is 0.227. The minimum Gasteiger partial charge on any atom is -0.452 e. The van der Waals surface area contributed by atoms with Crippen LogP contribution in [0.5, 0.6) is 0 Å². The number of anilines is 1. The van der Waals surface area contributed by atoms with E-state index in [4.69, 9.17) is 16.3 Å². The van der Waals surface area contributed by atoms with Crippen molar-refractivity contribution in [3.05, 3.63) is 70.8 Å². The number of carbonyl (C=O) groups excluding carboxylic acids is 3. The summed E-state index contributed by atoms with van der Waals surface area (Å²) in [6.45, 7) is 1.40. The molecule has 0 unspecified atom stereocenters. The van der Waals surface area contributed by atoms with Gasteiger partial charge in [0.25, 0.3) is 5.91 Å². The smallest absolute Gasteiger partial charge is 0.331 e. The molecule has 152 valence electrons. The molecular weight excluding hydrogens is 392 g/mol. The summed E-state index contributed by atoms with van der Waals surface area (Å²) in [4.78, 5) is 37.3. The van der Waals surface area contributed by atoms with E-state index in [0.29, 0.717) is 5.02 Å². The largest absolute Gasteiger partial charge is 0.452 e. The third-order valence-corrected chi connectivity index (χ3v) is 4.31. The molecule has 0 aliphatic heterocycles. The zero-order valence-corrected chi connectivity index (χ0v) is 17.1. The first-order valence-electron chi connectivity index (χ1n) is 9.11. The molecule has 0 aliphatic carbocycles. The number of para-hydroxylation sites is 1. The van der Waals surface area contributed by atoms with Gasteiger partial charge in [-0.1, -0.05) is 48.9 Å². The maximum atomic E-state index is 12.2. The molecular formula is C22H23ClN2O4. The van der Waals surface area contributed by atoms with Crippen LogP contribution in [0.15, 0.2) is 54.6 Å². The molecule has 0 fully saturated rings. The summed E-state index contributed by atoms with van der Waals surface area (Å²) in [6, 6.07) is 14.4. The van der Waals surface area contributed by atoms with Crippen molar-refractivity contribution < 1.29 is 19.1 Å². The molecule has 2 amide bonds. The van der Waals surface area contributed by atoms with Crippen molar-refractivity contribution in [3.63, 3.8) is 0 Å². The maximum absolute atomic E-state index is 12.2. The lowest BCUT2D eigenvalue weighted by atomic mass is 10.1. The molecule has 2 rings (SSSR count). The topological polar surface area (TPSA) is 75.7 Å². The highest BCUT2D eigenvalue weighted by Crippen LogP contribution is 2.15. The lowest BCUT2D eigenvalue weighted by Gasteiger charge is -2.17. The van der Waals surface area contributed by atoms with Crippen LogP contribution in [0.25, 0.3) is 6.08 Å². The van der Waals surface area contributed by atoms with Gasteiger partial charge in [0.15, 0.2) is 6.61 Å². The van der Waals surface area contributed by atoms with Crippen LogP contribution in [-0.2, 0) is 25.5 Å². The van der Waals surface area contributed by atoms with Gasteiger partial charge in [-0.2, -0.15) is 0 Å². The molecule has 1 N–H and O–H groups in total. The number of hydrogen-bond acceptors (Lipinski definition) is 4. The predicted molar refractivity (Wildman–Crippen MR) is 114 cm³/mol. The zero-order chi connectivity index (χ0) is 21.2. The highest BCUT2D eigenvalue weighted by Gasteiger charge is 2.15. The van der Waals surface area contributed by atoms with Crippen LogP contribution >= 0.6 is 11.6 Å². The van der Waals surface area contributed by atoms with Gasteiger partial charge >= 0.3 is 5.97 Å². The molecule has 2 aromatic rings. The molecule has 0 atom stereocenters. The van der Waals surface area contributed by atoms with Crippen molar-refractivity contribution in [2.24, 2.45) is 0 Å². The number of amides is 2. The van der Waals surface area contributed by atoms with Gasteiger partial charge in [-0.25, -0.2) is 4.79 Å². The Bertz CT molecular complexity index is 911. The van der Waals surface area contributed by atoms with E-state index in [0.717, 1.165) is 23.2 Å². The van der Waals surface area contributed by atoms with Crippen LogP contribution in [0, 0.1) is 0 Å². The Balaban J connectivity index is 1.79. The molecule has 0 spiro atoms. The summed E-state index contributed by atoms with van der Waals surface area (Å²) in [5, 5.41) is 3.35. The number of esters is 1. The second-order valence-corrected chi connectivity index (χ2v) is 6.74. The average molecular weight is 415 g/mol. The van der Waals surface area contributed by atoms with E-state index in [2.05, 4.69) is 5.32 Å². The van der Waals surface area contributed by atoms with E-state index in [1.807, 2.05) is 31.2 Å². The second kappa shape index (κ2) is 11.0. The molecule has 0 bridgehead atoms. The number of nitrogens with zero attached hydrogens (tertiary/aromatic N) is 1. The Hall–Kier alpha value is -3.12. The molecule has 0 heterocycles. The predicted octanol–water partition coefficient (Wildman–Crippen LogP) is 3.56. The summed E-state index contributed by atoms with van der Waals surface area (Å²) in [5.41, 5.74) is 2.47. The van der Waals surface area contributed by atoms with Crippen molar-refractivity contribution in [2.75, 3.05) is 25.5 Å². The SMILES string of the molecule is CCc1ccccc1NC(=O)CN(C)C(=O)COC(=O)/C=C/c1cccc(Cl)c1. The van der Waals surface area contributed by atoms with Crippen LogP contribution in [0.2, 0.25) is 5.02 Å². The Labute approximate surface area is 175 Å². The molecule has 0 saturated heterocycles. The van der Waals surface area contributed by atoms with Gasteiger partial charge in [-0.15, -0.1) is 0 Å². The van der Waals surface area contributed by atoms with Crippen molar-refractivity contribution in [3.8, 4) is 0 Å². The fourth-order valence-corrected chi connectivity index (χ4v) is 2.71. The maximum Gasteiger partial charge on any atom is 0.331 e. The third kappa shape index (κ3) is 7.43. The molecule has 6 nitrogen and oxygen atoms in total. The molecule has 0 aliphatic rings. The van der Waals surface area contributed by atoms with Crippen molar-refractivity contribution >= 4 is 41.1 Å². The fourth-order valence-electron chi connectivity index (χ4n) is 2.51. The van der Waals surface area contributed by atoms with Crippen molar-refractivity contribution in [2.45, 2.75) is 13.3 Å². The number of ether oxygens (including phenoxy) is 1. The number of halogens is 1. The number of nitrogens with one attached hydrogen (secondary N) is 1.